The normalized spacial score (nSPS) is 9.65. The van der Waals surface area contributed by atoms with Crippen LogP contribution in [0, 0.1) is 0 Å². The smallest absolute Gasteiger partial charge is 0.325 e. The molecule has 0 bridgehead atoms. The van der Waals surface area contributed by atoms with Gasteiger partial charge in [0.15, 0.2) is 0 Å². The van der Waals surface area contributed by atoms with Gasteiger partial charge in [-0.3, -0.25) is 4.79 Å². The summed E-state index contributed by atoms with van der Waals surface area (Å²) < 4.78 is 1.18. The monoisotopic (exact) mass is 239 g/mol. The molecular weight excluding hydrogens is 226 g/mol. The first-order valence-corrected chi connectivity index (χ1v) is 4.85. The standard InChI is InChI=1S/C9H13N5O3/c1-2-3-10-9(17)11-4-7-5-14(13-12-7)6-8(15)16/h2,5H,1,3-4,6H2,(H,15,16)(H2,10,11,17). The Morgan fingerprint density at radius 3 is 2.94 bits per heavy atom. The fourth-order valence-corrected chi connectivity index (χ4v) is 1.03. The highest BCUT2D eigenvalue weighted by Gasteiger charge is 2.05. The Kier molecular flexibility index (Phi) is 4.67. The van der Waals surface area contributed by atoms with E-state index in [4.69, 9.17) is 5.11 Å². The maximum Gasteiger partial charge on any atom is 0.325 e. The second-order valence-electron chi connectivity index (χ2n) is 3.15. The number of hydrogen-bond donors (Lipinski definition) is 3. The molecule has 0 fully saturated rings. The van der Waals surface area contributed by atoms with Gasteiger partial charge in [-0.15, -0.1) is 11.7 Å². The average Bonchev–Trinajstić information content (AvgIpc) is 2.70. The Morgan fingerprint density at radius 2 is 2.29 bits per heavy atom. The molecule has 0 spiro atoms. The van der Waals surface area contributed by atoms with Crippen molar-refractivity contribution in [1.82, 2.24) is 25.6 Å². The molecule has 0 aliphatic carbocycles. The van der Waals surface area contributed by atoms with E-state index in [2.05, 4.69) is 27.5 Å². The number of aliphatic carboxylic acids is 1. The molecular formula is C9H13N5O3. The largest absolute Gasteiger partial charge is 0.480 e. The molecule has 0 aliphatic heterocycles. The number of hydrogen-bond acceptors (Lipinski definition) is 4. The Bertz CT molecular complexity index is 415. The molecule has 0 saturated carbocycles. The second-order valence-corrected chi connectivity index (χ2v) is 3.15. The van der Waals surface area contributed by atoms with Gasteiger partial charge in [-0.2, -0.15) is 0 Å². The number of amides is 2. The van der Waals surface area contributed by atoms with Crippen molar-refractivity contribution in [3.8, 4) is 0 Å². The lowest BCUT2D eigenvalue weighted by Crippen LogP contribution is -2.35. The van der Waals surface area contributed by atoms with Crippen LogP contribution in [-0.2, 0) is 17.9 Å². The fraction of sp³-hybridized carbons (Fsp3) is 0.333. The molecule has 17 heavy (non-hydrogen) atoms. The molecule has 8 heteroatoms. The zero-order valence-corrected chi connectivity index (χ0v) is 9.09. The van der Waals surface area contributed by atoms with E-state index in [0.29, 0.717) is 12.2 Å². The fourth-order valence-electron chi connectivity index (χ4n) is 1.03. The van der Waals surface area contributed by atoms with Crippen LogP contribution < -0.4 is 10.6 Å². The molecule has 8 nitrogen and oxygen atoms in total. The number of nitrogens with zero attached hydrogens (tertiary/aromatic N) is 3. The number of carbonyl (C=O) groups excluding carboxylic acids is 1. The van der Waals surface area contributed by atoms with Gasteiger partial charge < -0.3 is 15.7 Å². The third-order valence-corrected chi connectivity index (χ3v) is 1.72. The van der Waals surface area contributed by atoms with Gasteiger partial charge >= 0.3 is 12.0 Å². The minimum Gasteiger partial charge on any atom is -0.480 e. The van der Waals surface area contributed by atoms with Crippen LogP contribution in [0.2, 0.25) is 0 Å². The zero-order chi connectivity index (χ0) is 12.7. The molecule has 0 unspecified atom stereocenters. The Morgan fingerprint density at radius 1 is 1.53 bits per heavy atom. The summed E-state index contributed by atoms with van der Waals surface area (Å²) in [6.07, 6.45) is 3.02. The first-order valence-electron chi connectivity index (χ1n) is 4.85. The molecule has 1 aromatic heterocycles. The van der Waals surface area contributed by atoms with Crippen molar-refractivity contribution >= 4 is 12.0 Å². The van der Waals surface area contributed by atoms with Crippen LogP contribution in [0.25, 0.3) is 0 Å². The van der Waals surface area contributed by atoms with E-state index >= 15 is 0 Å². The van der Waals surface area contributed by atoms with Crippen molar-refractivity contribution in [2.24, 2.45) is 0 Å². The predicted octanol–water partition coefficient (Wildman–Crippen LogP) is -0.652. The number of aromatic nitrogens is 3. The van der Waals surface area contributed by atoms with Crippen LogP contribution in [0.1, 0.15) is 5.69 Å². The SMILES string of the molecule is C=CCNC(=O)NCc1cn(CC(=O)O)nn1. The van der Waals surface area contributed by atoms with E-state index in [-0.39, 0.29) is 19.1 Å². The number of carboxylic acid groups (broad SMARTS) is 1. The number of carbonyl (C=O) groups is 2. The lowest BCUT2D eigenvalue weighted by atomic mass is 10.4. The van der Waals surface area contributed by atoms with Gasteiger partial charge in [0, 0.05) is 6.54 Å². The Labute approximate surface area is 97.3 Å². The van der Waals surface area contributed by atoms with Gasteiger partial charge in [-0.25, -0.2) is 9.48 Å². The number of rotatable bonds is 6. The van der Waals surface area contributed by atoms with Gasteiger partial charge in [0.1, 0.15) is 12.2 Å². The second kappa shape index (κ2) is 6.26. The molecule has 1 aromatic rings. The van der Waals surface area contributed by atoms with E-state index in [1.54, 1.807) is 6.08 Å². The minimum atomic E-state index is -1.00. The third-order valence-electron chi connectivity index (χ3n) is 1.72. The summed E-state index contributed by atoms with van der Waals surface area (Å²) in [5, 5.41) is 20.9. The molecule has 0 saturated heterocycles. The van der Waals surface area contributed by atoms with Crippen molar-refractivity contribution in [1.29, 1.82) is 0 Å². The number of urea groups is 1. The summed E-state index contributed by atoms with van der Waals surface area (Å²) in [7, 11) is 0. The van der Waals surface area contributed by atoms with Gasteiger partial charge in [0.25, 0.3) is 0 Å². The number of carboxylic acids is 1. The van der Waals surface area contributed by atoms with E-state index in [9.17, 15) is 9.59 Å². The topological polar surface area (TPSA) is 109 Å². The molecule has 0 aliphatic rings. The summed E-state index contributed by atoms with van der Waals surface area (Å²) in [5.74, 6) is -1.00. The van der Waals surface area contributed by atoms with Crippen molar-refractivity contribution in [2.45, 2.75) is 13.1 Å². The van der Waals surface area contributed by atoms with Crippen LogP contribution in [-0.4, -0.2) is 38.6 Å². The van der Waals surface area contributed by atoms with Gasteiger partial charge in [-0.05, 0) is 0 Å². The predicted molar refractivity (Wildman–Crippen MR) is 58.1 cm³/mol. The molecule has 2 amide bonds. The average molecular weight is 239 g/mol. The summed E-state index contributed by atoms with van der Waals surface area (Å²) in [5.41, 5.74) is 0.486. The van der Waals surface area contributed by atoms with Crippen LogP contribution in [0.15, 0.2) is 18.9 Å². The molecule has 3 N–H and O–H groups in total. The quantitative estimate of drug-likeness (QED) is 0.571. The molecule has 92 valence electrons. The summed E-state index contributed by atoms with van der Waals surface area (Å²) in [6, 6.07) is -0.349. The Hall–Kier alpha value is -2.38. The highest BCUT2D eigenvalue weighted by molar-refractivity contribution is 5.73. The van der Waals surface area contributed by atoms with E-state index in [0.717, 1.165) is 0 Å². The first kappa shape index (κ1) is 12.7. The summed E-state index contributed by atoms with van der Waals surface area (Å²) >= 11 is 0. The summed E-state index contributed by atoms with van der Waals surface area (Å²) in [6.45, 7) is 3.76. The van der Waals surface area contributed by atoms with Crippen molar-refractivity contribution in [3.63, 3.8) is 0 Å². The van der Waals surface area contributed by atoms with E-state index in [1.165, 1.54) is 10.9 Å². The Balaban J connectivity index is 2.36. The van der Waals surface area contributed by atoms with Crippen LogP contribution in [0.3, 0.4) is 0 Å². The van der Waals surface area contributed by atoms with Crippen molar-refractivity contribution < 1.29 is 14.7 Å². The van der Waals surface area contributed by atoms with Crippen molar-refractivity contribution in [3.05, 3.63) is 24.5 Å². The van der Waals surface area contributed by atoms with E-state index in [1.807, 2.05) is 0 Å². The number of nitrogens with one attached hydrogen (secondary N) is 2. The maximum atomic E-state index is 11.1. The van der Waals surface area contributed by atoms with Crippen LogP contribution >= 0.6 is 0 Å². The first-order chi connectivity index (χ1) is 8.11. The van der Waals surface area contributed by atoms with Gasteiger partial charge in [-0.1, -0.05) is 11.3 Å². The highest BCUT2D eigenvalue weighted by atomic mass is 16.4. The molecule has 0 atom stereocenters. The van der Waals surface area contributed by atoms with E-state index < -0.39 is 5.97 Å². The van der Waals surface area contributed by atoms with Crippen LogP contribution in [0.5, 0.6) is 0 Å². The van der Waals surface area contributed by atoms with Crippen LogP contribution in [0.4, 0.5) is 4.79 Å². The third kappa shape index (κ3) is 4.78. The summed E-state index contributed by atoms with van der Waals surface area (Å²) in [4.78, 5) is 21.5. The van der Waals surface area contributed by atoms with Gasteiger partial charge in [0.05, 0.1) is 12.7 Å². The lowest BCUT2D eigenvalue weighted by Gasteiger charge is -2.02. The highest BCUT2D eigenvalue weighted by Crippen LogP contribution is 1.92. The van der Waals surface area contributed by atoms with Gasteiger partial charge in [0.2, 0.25) is 0 Å². The molecule has 0 aromatic carbocycles. The molecule has 1 rings (SSSR count). The maximum absolute atomic E-state index is 11.1. The minimum absolute atomic E-state index is 0.183. The van der Waals surface area contributed by atoms with Crippen molar-refractivity contribution in [2.75, 3.05) is 6.54 Å². The zero-order valence-electron chi connectivity index (χ0n) is 9.09. The molecule has 1 heterocycles. The molecule has 0 radical (unpaired) electrons. The lowest BCUT2D eigenvalue weighted by molar-refractivity contribution is -0.137.